The Kier molecular flexibility index (Phi) is 7.09. The van der Waals surface area contributed by atoms with Crippen LogP contribution in [0.5, 0.6) is 0 Å². The van der Waals surface area contributed by atoms with E-state index in [-0.39, 0.29) is 16.4 Å². The fourth-order valence-electron chi connectivity index (χ4n) is 2.31. The number of amides is 2. The Morgan fingerprint density at radius 3 is 2.19 bits per heavy atom. The molecule has 0 bridgehead atoms. The maximum Gasteiger partial charge on any atom is 0.255 e. The van der Waals surface area contributed by atoms with Crippen LogP contribution in [0, 0.1) is 0 Å². The van der Waals surface area contributed by atoms with Crippen LogP contribution in [0.1, 0.15) is 37.0 Å². The van der Waals surface area contributed by atoms with Crippen LogP contribution in [0.4, 0.5) is 11.4 Å². The summed E-state index contributed by atoms with van der Waals surface area (Å²) in [7, 11) is -3.65. The highest BCUT2D eigenvalue weighted by Gasteiger charge is 2.16. The van der Waals surface area contributed by atoms with Gasteiger partial charge in [-0.3, -0.25) is 9.59 Å². The van der Waals surface area contributed by atoms with E-state index in [9.17, 15) is 18.0 Å². The number of anilines is 2. The lowest BCUT2D eigenvalue weighted by Crippen LogP contribution is -2.25. The van der Waals surface area contributed by atoms with Crippen LogP contribution in [0.2, 0.25) is 0 Å². The van der Waals surface area contributed by atoms with Gasteiger partial charge in [-0.05, 0) is 48.9 Å². The van der Waals surface area contributed by atoms with Gasteiger partial charge in [0.2, 0.25) is 15.9 Å². The molecule has 7 nitrogen and oxygen atoms in total. The summed E-state index contributed by atoms with van der Waals surface area (Å²) in [5.41, 5.74) is 1.38. The van der Waals surface area contributed by atoms with Gasteiger partial charge < -0.3 is 10.6 Å². The molecule has 0 saturated carbocycles. The maximum atomic E-state index is 12.4. The molecule has 2 rings (SSSR count). The number of unbranched alkanes of at least 4 members (excludes halogenated alkanes) is 1. The number of hydrogen-bond acceptors (Lipinski definition) is 4. The molecule has 2 aromatic carbocycles. The molecule has 27 heavy (non-hydrogen) atoms. The number of rotatable bonds is 8. The van der Waals surface area contributed by atoms with Crippen molar-refractivity contribution in [2.24, 2.45) is 0 Å². The third kappa shape index (κ3) is 6.19. The van der Waals surface area contributed by atoms with Gasteiger partial charge in [-0.2, -0.15) is 0 Å². The van der Waals surface area contributed by atoms with Gasteiger partial charge in [0.1, 0.15) is 0 Å². The molecule has 0 aromatic heterocycles. The van der Waals surface area contributed by atoms with E-state index in [2.05, 4.69) is 15.4 Å². The van der Waals surface area contributed by atoms with Crippen molar-refractivity contribution in [3.63, 3.8) is 0 Å². The lowest BCUT2D eigenvalue weighted by molar-refractivity contribution is -0.114. The summed E-state index contributed by atoms with van der Waals surface area (Å²) in [4.78, 5) is 23.5. The predicted octanol–water partition coefficient (Wildman–Crippen LogP) is 2.98. The first-order chi connectivity index (χ1) is 12.8. The Morgan fingerprint density at radius 2 is 1.59 bits per heavy atom. The van der Waals surface area contributed by atoms with Gasteiger partial charge in [0.15, 0.2) is 0 Å². The summed E-state index contributed by atoms with van der Waals surface area (Å²) in [6.45, 7) is 3.74. The van der Waals surface area contributed by atoms with Crippen molar-refractivity contribution in [2.75, 3.05) is 17.2 Å². The second-order valence-electron chi connectivity index (χ2n) is 5.99. The average molecular weight is 389 g/mol. The molecule has 0 heterocycles. The first kappa shape index (κ1) is 20.6. The number of sulfonamides is 1. The molecular formula is C19H23N3O4S. The summed E-state index contributed by atoms with van der Waals surface area (Å²) in [6.07, 6.45) is 1.62. The summed E-state index contributed by atoms with van der Waals surface area (Å²) in [5.74, 6) is -0.606. The fourth-order valence-corrected chi connectivity index (χ4v) is 3.43. The molecule has 0 aliphatic rings. The Hall–Kier alpha value is -2.71. The smallest absolute Gasteiger partial charge is 0.255 e. The van der Waals surface area contributed by atoms with E-state index in [1.165, 1.54) is 25.1 Å². The standard InChI is InChI=1S/C19H23N3O4S/c1-3-4-12-20-27(25,26)18-7-5-6-15(13-18)19(24)22-17-10-8-16(9-11-17)21-14(2)23/h5-11,13,20H,3-4,12H2,1-2H3,(H,21,23)(H,22,24). The Labute approximate surface area is 159 Å². The quantitative estimate of drug-likeness (QED) is 0.604. The van der Waals surface area contributed by atoms with Crippen molar-refractivity contribution in [1.29, 1.82) is 0 Å². The van der Waals surface area contributed by atoms with E-state index in [4.69, 9.17) is 0 Å². The molecule has 0 spiro atoms. The van der Waals surface area contributed by atoms with E-state index >= 15 is 0 Å². The van der Waals surface area contributed by atoms with E-state index in [1.807, 2.05) is 6.92 Å². The van der Waals surface area contributed by atoms with E-state index < -0.39 is 15.9 Å². The van der Waals surface area contributed by atoms with Gasteiger partial charge in [-0.1, -0.05) is 19.4 Å². The largest absolute Gasteiger partial charge is 0.326 e. The molecule has 0 saturated heterocycles. The monoisotopic (exact) mass is 389 g/mol. The van der Waals surface area contributed by atoms with E-state index in [0.29, 0.717) is 17.9 Å². The second-order valence-corrected chi connectivity index (χ2v) is 7.76. The molecule has 0 atom stereocenters. The first-order valence-corrected chi connectivity index (χ1v) is 10.1. The van der Waals surface area contributed by atoms with Crippen molar-refractivity contribution in [3.05, 3.63) is 54.1 Å². The Balaban J connectivity index is 2.09. The topological polar surface area (TPSA) is 104 Å². The number of carbonyl (C=O) groups is 2. The van der Waals surface area contributed by atoms with Gasteiger partial charge in [-0.15, -0.1) is 0 Å². The molecule has 0 unspecified atom stereocenters. The highest BCUT2D eigenvalue weighted by molar-refractivity contribution is 7.89. The highest BCUT2D eigenvalue weighted by Crippen LogP contribution is 2.16. The second kappa shape index (κ2) is 9.29. The van der Waals surface area contributed by atoms with Crippen LogP contribution in [0.15, 0.2) is 53.4 Å². The summed E-state index contributed by atoms with van der Waals surface area (Å²) in [6, 6.07) is 12.5. The predicted molar refractivity (Wildman–Crippen MR) is 105 cm³/mol. The molecule has 3 N–H and O–H groups in total. The minimum absolute atomic E-state index is 0.0484. The van der Waals surface area contributed by atoms with Gasteiger partial charge in [0, 0.05) is 30.4 Å². The van der Waals surface area contributed by atoms with Crippen molar-refractivity contribution in [3.8, 4) is 0 Å². The van der Waals surface area contributed by atoms with Gasteiger partial charge >= 0.3 is 0 Å². The average Bonchev–Trinajstić information content (AvgIpc) is 2.63. The van der Waals surface area contributed by atoms with Crippen LogP contribution >= 0.6 is 0 Å². The van der Waals surface area contributed by atoms with Crippen LogP contribution in [-0.2, 0) is 14.8 Å². The molecule has 0 radical (unpaired) electrons. The van der Waals surface area contributed by atoms with Crippen molar-refractivity contribution >= 4 is 33.2 Å². The highest BCUT2D eigenvalue weighted by atomic mass is 32.2. The Morgan fingerprint density at radius 1 is 0.963 bits per heavy atom. The van der Waals surface area contributed by atoms with Crippen LogP contribution in [0.3, 0.4) is 0 Å². The molecule has 2 amide bonds. The lowest BCUT2D eigenvalue weighted by atomic mass is 10.2. The lowest BCUT2D eigenvalue weighted by Gasteiger charge is -2.09. The summed E-state index contributed by atoms with van der Waals surface area (Å²) in [5, 5.41) is 5.34. The zero-order valence-electron chi connectivity index (χ0n) is 15.3. The number of benzene rings is 2. The van der Waals surface area contributed by atoms with Crippen molar-refractivity contribution in [2.45, 2.75) is 31.6 Å². The van der Waals surface area contributed by atoms with Gasteiger partial charge in [0.05, 0.1) is 4.90 Å². The third-order valence-electron chi connectivity index (χ3n) is 3.69. The fraction of sp³-hybridized carbons (Fsp3) is 0.263. The Bertz CT molecular complexity index is 909. The maximum absolute atomic E-state index is 12.4. The molecule has 8 heteroatoms. The minimum Gasteiger partial charge on any atom is -0.326 e. The molecule has 0 aliphatic heterocycles. The van der Waals surface area contributed by atoms with Gasteiger partial charge in [-0.25, -0.2) is 13.1 Å². The third-order valence-corrected chi connectivity index (χ3v) is 5.15. The summed E-state index contributed by atoms with van der Waals surface area (Å²) < 4.78 is 27.1. The van der Waals surface area contributed by atoms with Crippen LogP contribution in [0.25, 0.3) is 0 Å². The van der Waals surface area contributed by atoms with Crippen molar-refractivity contribution < 1.29 is 18.0 Å². The van der Waals surface area contributed by atoms with Crippen LogP contribution in [-0.4, -0.2) is 26.8 Å². The minimum atomic E-state index is -3.65. The number of nitrogens with one attached hydrogen (secondary N) is 3. The number of carbonyl (C=O) groups excluding carboxylic acids is 2. The van der Waals surface area contributed by atoms with Crippen molar-refractivity contribution in [1.82, 2.24) is 4.72 Å². The molecule has 2 aromatic rings. The molecule has 144 valence electrons. The molecular weight excluding hydrogens is 366 g/mol. The normalized spacial score (nSPS) is 11.0. The zero-order chi connectivity index (χ0) is 19.9. The number of hydrogen-bond donors (Lipinski definition) is 3. The van der Waals surface area contributed by atoms with Crippen LogP contribution < -0.4 is 15.4 Å². The summed E-state index contributed by atoms with van der Waals surface area (Å²) >= 11 is 0. The van der Waals surface area contributed by atoms with Gasteiger partial charge in [0.25, 0.3) is 5.91 Å². The first-order valence-electron chi connectivity index (χ1n) is 8.60. The SMILES string of the molecule is CCCCNS(=O)(=O)c1cccc(C(=O)Nc2ccc(NC(C)=O)cc2)c1. The zero-order valence-corrected chi connectivity index (χ0v) is 16.1. The molecule has 0 aliphatic carbocycles. The molecule has 0 fully saturated rings. The van der Waals surface area contributed by atoms with E-state index in [1.54, 1.807) is 30.3 Å². The van der Waals surface area contributed by atoms with E-state index in [0.717, 1.165) is 12.8 Å².